The van der Waals surface area contributed by atoms with E-state index in [1.807, 2.05) is 25.1 Å². The zero-order valence-corrected chi connectivity index (χ0v) is 15.8. The first-order valence-corrected chi connectivity index (χ1v) is 9.06. The van der Waals surface area contributed by atoms with Gasteiger partial charge in [0.2, 0.25) is 11.8 Å². The molecule has 2 rings (SSSR count). The molecular formula is C19H29N3O4. The molecule has 1 aromatic rings. The van der Waals surface area contributed by atoms with Gasteiger partial charge in [0, 0.05) is 32.6 Å². The molecule has 1 heterocycles. The van der Waals surface area contributed by atoms with Crippen LogP contribution >= 0.6 is 0 Å². The van der Waals surface area contributed by atoms with Gasteiger partial charge in [-0.05, 0) is 30.7 Å². The molecule has 26 heavy (non-hydrogen) atoms. The second-order valence-electron chi connectivity index (χ2n) is 6.32. The summed E-state index contributed by atoms with van der Waals surface area (Å²) in [5, 5.41) is 6.05. The van der Waals surface area contributed by atoms with Crippen molar-refractivity contribution in [2.24, 2.45) is 5.92 Å². The highest BCUT2D eigenvalue weighted by Gasteiger charge is 2.33. The van der Waals surface area contributed by atoms with Crippen molar-refractivity contribution in [3.63, 3.8) is 0 Å². The predicted molar refractivity (Wildman–Crippen MR) is 99.5 cm³/mol. The van der Waals surface area contributed by atoms with Gasteiger partial charge >= 0.3 is 0 Å². The molecule has 0 aliphatic carbocycles. The van der Waals surface area contributed by atoms with Gasteiger partial charge in [-0.25, -0.2) is 0 Å². The van der Waals surface area contributed by atoms with Crippen molar-refractivity contribution in [1.82, 2.24) is 15.5 Å². The van der Waals surface area contributed by atoms with Gasteiger partial charge in [-0.2, -0.15) is 0 Å². The van der Waals surface area contributed by atoms with Crippen LogP contribution in [0.2, 0.25) is 0 Å². The molecule has 1 aliphatic rings. The lowest BCUT2D eigenvalue weighted by Crippen LogP contribution is -2.37. The van der Waals surface area contributed by atoms with Crippen LogP contribution in [0.25, 0.3) is 0 Å². The Morgan fingerprint density at radius 3 is 2.69 bits per heavy atom. The molecular weight excluding hydrogens is 334 g/mol. The first kappa shape index (κ1) is 20.0. The number of methoxy groups -OCH3 is 2. The number of benzene rings is 1. The quantitative estimate of drug-likeness (QED) is 0.602. The summed E-state index contributed by atoms with van der Waals surface area (Å²) in [6, 6.07) is 5.75. The fourth-order valence-corrected chi connectivity index (χ4v) is 3.06. The summed E-state index contributed by atoms with van der Waals surface area (Å²) in [7, 11) is 3.20. The van der Waals surface area contributed by atoms with E-state index in [0.717, 1.165) is 18.7 Å². The Kier molecular flexibility index (Phi) is 7.72. The van der Waals surface area contributed by atoms with E-state index < -0.39 is 0 Å². The Bertz CT molecular complexity index is 621. The van der Waals surface area contributed by atoms with Gasteiger partial charge in [0.25, 0.3) is 0 Å². The van der Waals surface area contributed by atoms with E-state index in [1.165, 1.54) is 0 Å². The lowest BCUT2D eigenvalue weighted by molar-refractivity contribution is -0.129. The minimum absolute atomic E-state index is 0.0372. The van der Waals surface area contributed by atoms with E-state index in [1.54, 1.807) is 19.1 Å². The summed E-state index contributed by atoms with van der Waals surface area (Å²) >= 11 is 0. The van der Waals surface area contributed by atoms with E-state index in [-0.39, 0.29) is 17.7 Å². The Morgan fingerprint density at radius 2 is 2.00 bits per heavy atom. The maximum atomic E-state index is 12.2. The highest BCUT2D eigenvalue weighted by atomic mass is 16.5. The Labute approximate surface area is 155 Å². The molecule has 144 valence electrons. The third-order valence-corrected chi connectivity index (χ3v) is 4.55. The summed E-state index contributed by atoms with van der Waals surface area (Å²) in [5.41, 5.74) is 1.06. The van der Waals surface area contributed by atoms with Crippen molar-refractivity contribution in [2.45, 2.75) is 19.8 Å². The third kappa shape index (κ3) is 5.36. The highest BCUT2D eigenvalue weighted by molar-refractivity contribution is 5.89. The van der Waals surface area contributed by atoms with Crippen molar-refractivity contribution in [3.05, 3.63) is 23.8 Å². The number of likely N-dealkylation sites (N-methyl/N-ethyl adjacent to an activating group) is 1. The van der Waals surface area contributed by atoms with E-state index >= 15 is 0 Å². The second kappa shape index (κ2) is 10.0. The van der Waals surface area contributed by atoms with Crippen LogP contribution in [0.1, 0.15) is 18.9 Å². The van der Waals surface area contributed by atoms with Crippen molar-refractivity contribution in [1.29, 1.82) is 0 Å². The number of amides is 2. The molecule has 0 aromatic heterocycles. The number of carbonyl (C=O) groups is 2. The van der Waals surface area contributed by atoms with Crippen LogP contribution in [-0.4, -0.2) is 63.7 Å². The van der Waals surface area contributed by atoms with Crippen molar-refractivity contribution in [2.75, 3.05) is 46.9 Å². The number of hydrogen-bond acceptors (Lipinski definition) is 5. The molecule has 7 heteroatoms. The van der Waals surface area contributed by atoms with E-state index in [9.17, 15) is 9.59 Å². The Hall–Kier alpha value is -2.28. The predicted octanol–water partition coefficient (Wildman–Crippen LogP) is 0.821. The number of ether oxygens (including phenoxy) is 2. The summed E-state index contributed by atoms with van der Waals surface area (Å²) in [6.45, 7) is 5.30. The fourth-order valence-electron chi connectivity index (χ4n) is 3.06. The smallest absolute Gasteiger partial charge is 0.225 e. The topological polar surface area (TPSA) is 79.9 Å². The summed E-state index contributed by atoms with van der Waals surface area (Å²) in [5.74, 6) is 1.11. The molecule has 0 bridgehead atoms. The molecule has 0 spiro atoms. The summed E-state index contributed by atoms with van der Waals surface area (Å²) < 4.78 is 10.5. The molecule has 1 unspecified atom stereocenters. The van der Waals surface area contributed by atoms with Gasteiger partial charge < -0.3 is 25.0 Å². The molecule has 1 aliphatic heterocycles. The van der Waals surface area contributed by atoms with Gasteiger partial charge in [-0.15, -0.1) is 0 Å². The van der Waals surface area contributed by atoms with Crippen molar-refractivity contribution >= 4 is 11.8 Å². The van der Waals surface area contributed by atoms with Crippen LogP contribution in [-0.2, 0) is 16.0 Å². The first-order chi connectivity index (χ1) is 12.6. The van der Waals surface area contributed by atoms with Crippen LogP contribution < -0.4 is 20.1 Å². The molecule has 1 saturated heterocycles. The number of nitrogens with one attached hydrogen (secondary N) is 2. The summed E-state index contributed by atoms with van der Waals surface area (Å²) in [4.78, 5) is 26.1. The maximum Gasteiger partial charge on any atom is 0.225 e. The molecule has 1 atom stereocenters. The van der Waals surface area contributed by atoms with E-state index in [4.69, 9.17) is 9.47 Å². The molecule has 0 saturated carbocycles. The number of likely N-dealkylation sites (tertiary alicyclic amines) is 1. The van der Waals surface area contributed by atoms with E-state index in [0.29, 0.717) is 44.0 Å². The molecule has 1 aromatic carbocycles. The molecule has 0 radical (unpaired) electrons. The van der Waals surface area contributed by atoms with Crippen LogP contribution in [0.15, 0.2) is 18.2 Å². The zero-order valence-electron chi connectivity index (χ0n) is 15.8. The van der Waals surface area contributed by atoms with E-state index in [2.05, 4.69) is 10.6 Å². The summed E-state index contributed by atoms with van der Waals surface area (Å²) in [6.07, 6.45) is 1.000. The molecule has 2 N–H and O–H groups in total. The minimum Gasteiger partial charge on any atom is -0.493 e. The largest absolute Gasteiger partial charge is 0.493 e. The van der Waals surface area contributed by atoms with Gasteiger partial charge in [0.15, 0.2) is 11.5 Å². The first-order valence-electron chi connectivity index (χ1n) is 9.06. The lowest BCUT2D eigenvalue weighted by atomic mass is 10.1. The Balaban J connectivity index is 1.83. The van der Waals surface area contributed by atoms with Gasteiger partial charge in [-0.1, -0.05) is 13.0 Å². The third-order valence-electron chi connectivity index (χ3n) is 4.55. The zero-order chi connectivity index (χ0) is 18.9. The van der Waals surface area contributed by atoms with Crippen LogP contribution in [0.3, 0.4) is 0 Å². The van der Waals surface area contributed by atoms with Crippen LogP contribution in [0.4, 0.5) is 0 Å². The average Bonchev–Trinajstić information content (AvgIpc) is 3.04. The van der Waals surface area contributed by atoms with Gasteiger partial charge in [0.1, 0.15) is 0 Å². The molecule has 2 amide bonds. The minimum atomic E-state index is -0.255. The van der Waals surface area contributed by atoms with Crippen LogP contribution in [0.5, 0.6) is 11.5 Å². The van der Waals surface area contributed by atoms with Crippen molar-refractivity contribution < 1.29 is 19.1 Å². The number of nitrogens with zero attached hydrogens (tertiary/aromatic N) is 1. The average molecular weight is 363 g/mol. The number of rotatable bonds is 10. The van der Waals surface area contributed by atoms with Crippen LogP contribution in [0, 0.1) is 5.92 Å². The molecule has 1 fully saturated rings. The maximum absolute atomic E-state index is 12.2. The SMILES string of the molecule is CCNCCNC(=O)C1CC(=O)N(CCc2ccc(OC)c(OC)c2)C1. The fraction of sp³-hybridized carbons (Fsp3) is 0.579. The van der Waals surface area contributed by atoms with Gasteiger partial charge in [0.05, 0.1) is 20.1 Å². The van der Waals surface area contributed by atoms with Gasteiger partial charge in [-0.3, -0.25) is 9.59 Å². The van der Waals surface area contributed by atoms with Crippen molar-refractivity contribution in [3.8, 4) is 11.5 Å². The highest BCUT2D eigenvalue weighted by Crippen LogP contribution is 2.28. The monoisotopic (exact) mass is 363 g/mol. The Morgan fingerprint density at radius 1 is 1.23 bits per heavy atom. The lowest BCUT2D eigenvalue weighted by Gasteiger charge is -2.17. The number of hydrogen-bond donors (Lipinski definition) is 2. The normalized spacial score (nSPS) is 16.7. The molecule has 7 nitrogen and oxygen atoms in total. The number of carbonyl (C=O) groups excluding carboxylic acids is 2. The second-order valence-corrected chi connectivity index (χ2v) is 6.32. The standard InChI is InChI=1S/C19H29N3O4/c1-4-20-8-9-21-19(24)15-12-18(23)22(13-15)10-7-14-5-6-16(25-2)17(11-14)26-3/h5-6,11,15,20H,4,7-10,12-13H2,1-3H3,(H,21,24).